The molecule has 0 bridgehead atoms. The van der Waals surface area contributed by atoms with Crippen molar-refractivity contribution in [3.63, 3.8) is 0 Å². The second kappa shape index (κ2) is 3.43. The zero-order chi connectivity index (χ0) is 9.26. The molecule has 13 heavy (non-hydrogen) atoms. The third-order valence-corrected chi connectivity index (χ3v) is 3.02. The van der Waals surface area contributed by atoms with E-state index in [0.29, 0.717) is 5.82 Å². The Morgan fingerprint density at radius 3 is 3.00 bits per heavy atom. The molecular formula is C8H5BrN2OS. The van der Waals surface area contributed by atoms with Crippen LogP contribution in [0.1, 0.15) is 0 Å². The predicted octanol–water partition coefficient (Wildman–Crippen LogP) is 2.26. The van der Waals surface area contributed by atoms with E-state index < -0.39 is 0 Å². The molecule has 0 fully saturated rings. The summed E-state index contributed by atoms with van der Waals surface area (Å²) >= 11 is 4.91. The van der Waals surface area contributed by atoms with E-state index >= 15 is 0 Å². The third-order valence-electron chi connectivity index (χ3n) is 1.51. The third kappa shape index (κ3) is 1.87. The lowest BCUT2D eigenvalue weighted by atomic mass is 10.3. The summed E-state index contributed by atoms with van der Waals surface area (Å²) in [5.74, 6) is 0.606. The molecule has 1 N–H and O–H groups in total. The van der Waals surface area contributed by atoms with E-state index in [1.807, 2.05) is 11.4 Å². The van der Waals surface area contributed by atoms with Crippen LogP contribution in [0.25, 0.3) is 11.4 Å². The minimum Gasteiger partial charge on any atom is -0.307 e. The van der Waals surface area contributed by atoms with Gasteiger partial charge in [0, 0.05) is 23.2 Å². The van der Waals surface area contributed by atoms with Crippen molar-refractivity contribution in [1.82, 2.24) is 9.97 Å². The van der Waals surface area contributed by atoms with Gasteiger partial charge in [-0.25, -0.2) is 4.98 Å². The molecule has 2 aromatic heterocycles. The Kier molecular flexibility index (Phi) is 2.28. The summed E-state index contributed by atoms with van der Waals surface area (Å²) in [6, 6.07) is 3.31. The van der Waals surface area contributed by atoms with E-state index in [9.17, 15) is 4.79 Å². The zero-order valence-corrected chi connectivity index (χ0v) is 8.85. The highest BCUT2D eigenvalue weighted by Crippen LogP contribution is 2.25. The molecule has 0 atom stereocenters. The summed E-state index contributed by atoms with van der Waals surface area (Å²) < 4.78 is 1.02. The number of hydrogen-bond acceptors (Lipinski definition) is 3. The lowest BCUT2D eigenvalue weighted by Gasteiger charge is -1.93. The topological polar surface area (TPSA) is 45.8 Å². The Morgan fingerprint density at radius 1 is 1.54 bits per heavy atom. The SMILES string of the molecule is O=c1ccnc(-c2csc(Br)c2)[nH]1. The highest BCUT2D eigenvalue weighted by molar-refractivity contribution is 9.11. The highest BCUT2D eigenvalue weighted by atomic mass is 79.9. The quantitative estimate of drug-likeness (QED) is 0.851. The zero-order valence-electron chi connectivity index (χ0n) is 6.45. The molecule has 0 aliphatic rings. The van der Waals surface area contributed by atoms with Crippen LogP contribution in [0, 0.1) is 0 Å². The monoisotopic (exact) mass is 256 g/mol. The lowest BCUT2D eigenvalue weighted by molar-refractivity contribution is 1.13. The molecule has 2 heterocycles. The van der Waals surface area contributed by atoms with Crippen molar-refractivity contribution >= 4 is 27.3 Å². The van der Waals surface area contributed by atoms with Gasteiger partial charge in [-0.2, -0.15) is 0 Å². The molecule has 5 heteroatoms. The largest absolute Gasteiger partial charge is 0.307 e. The second-order valence-electron chi connectivity index (χ2n) is 2.42. The Bertz CT molecular complexity index is 477. The van der Waals surface area contributed by atoms with Crippen molar-refractivity contribution in [3.8, 4) is 11.4 Å². The van der Waals surface area contributed by atoms with Crippen LogP contribution in [0.2, 0.25) is 0 Å². The van der Waals surface area contributed by atoms with Gasteiger partial charge in [0.2, 0.25) is 0 Å². The van der Waals surface area contributed by atoms with E-state index in [-0.39, 0.29) is 5.56 Å². The predicted molar refractivity (Wildman–Crippen MR) is 55.9 cm³/mol. The molecule has 0 amide bonds. The number of halogens is 1. The fourth-order valence-corrected chi connectivity index (χ4v) is 2.09. The molecule has 0 saturated heterocycles. The standard InChI is InChI=1S/C8H5BrN2OS/c9-6-3-5(4-13-6)8-10-2-1-7(12)11-8/h1-4H,(H,10,11,12). The van der Waals surface area contributed by atoms with Crippen molar-refractivity contribution in [2.24, 2.45) is 0 Å². The molecule has 3 nitrogen and oxygen atoms in total. The second-order valence-corrected chi connectivity index (χ2v) is 4.71. The van der Waals surface area contributed by atoms with Gasteiger partial charge in [0.25, 0.3) is 5.56 Å². The number of aromatic amines is 1. The van der Waals surface area contributed by atoms with Crippen molar-refractivity contribution in [2.45, 2.75) is 0 Å². The van der Waals surface area contributed by atoms with Gasteiger partial charge < -0.3 is 4.98 Å². The lowest BCUT2D eigenvalue weighted by Crippen LogP contribution is -2.05. The van der Waals surface area contributed by atoms with E-state index in [1.165, 1.54) is 12.3 Å². The molecule has 0 radical (unpaired) electrons. The summed E-state index contributed by atoms with van der Waals surface area (Å²) in [5, 5.41) is 1.93. The summed E-state index contributed by atoms with van der Waals surface area (Å²) in [6.07, 6.45) is 1.50. The average molecular weight is 257 g/mol. The van der Waals surface area contributed by atoms with Crippen LogP contribution in [-0.4, -0.2) is 9.97 Å². The van der Waals surface area contributed by atoms with Gasteiger partial charge in [0.1, 0.15) is 5.82 Å². The van der Waals surface area contributed by atoms with E-state index in [1.54, 1.807) is 11.3 Å². The first-order valence-electron chi connectivity index (χ1n) is 3.55. The molecule has 2 rings (SSSR count). The van der Waals surface area contributed by atoms with Gasteiger partial charge in [-0.15, -0.1) is 11.3 Å². The number of hydrogen-bond donors (Lipinski definition) is 1. The summed E-state index contributed by atoms with van der Waals surface area (Å²) in [5.41, 5.74) is 0.793. The van der Waals surface area contributed by atoms with E-state index in [0.717, 1.165) is 9.35 Å². The summed E-state index contributed by atoms with van der Waals surface area (Å²) in [4.78, 5) is 17.7. The number of aromatic nitrogens is 2. The van der Waals surface area contributed by atoms with Crippen molar-refractivity contribution in [1.29, 1.82) is 0 Å². The maximum absolute atomic E-state index is 11.0. The van der Waals surface area contributed by atoms with Crippen LogP contribution in [-0.2, 0) is 0 Å². The first-order chi connectivity index (χ1) is 6.25. The molecule has 0 aliphatic heterocycles. The number of rotatable bonds is 1. The fourth-order valence-electron chi connectivity index (χ4n) is 0.951. The number of nitrogens with zero attached hydrogens (tertiary/aromatic N) is 1. The highest BCUT2D eigenvalue weighted by Gasteiger charge is 2.01. The first kappa shape index (κ1) is 8.65. The Balaban J connectivity index is 2.52. The van der Waals surface area contributed by atoms with Crippen LogP contribution in [0.15, 0.2) is 32.3 Å². The summed E-state index contributed by atoms with van der Waals surface area (Å²) in [6.45, 7) is 0. The maximum atomic E-state index is 11.0. The van der Waals surface area contributed by atoms with Crippen molar-refractivity contribution in [2.75, 3.05) is 0 Å². The molecule has 2 aromatic rings. The van der Waals surface area contributed by atoms with Gasteiger partial charge in [-0.3, -0.25) is 4.79 Å². The van der Waals surface area contributed by atoms with E-state index in [4.69, 9.17) is 0 Å². The molecule has 0 aliphatic carbocycles. The number of nitrogens with one attached hydrogen (secondary N) is 1. The average Bonchev–Trinajstić information content (AvgIpc) is 2.52. The minimum atomic E-state index is -0.132. The van der Waals surface area contributed by atoms with Gasteiger partial charge in [0.05, 0.1) is 3.79 Å². The van der Waals surface area contributed by atoms with Gasteiger partial charge in [-0.05, 0) is 22.0 Å². The summed E-state index contributed by atoms with van der Waals surface area (Å²) in [7, 11) is 0. The molecule has 0 aromatic carbocycles. The normalized spacial score (nSPS) is 10.2. The molecule has 0 unspecified atom stereocenters. The van der Waals surface area contributed by atoms with Crippen LogP contribution >= 0.6 is 27.3 Å². The van der Waals surface area contributed by atoms with Crippen LogP contribution < -0.4 is 5.56 Å². The van der Waals surface area contributed by atoms with Crippen molar-refractivity contribution < 1.29 is 0 Å². The Morgan fingerprint density at radius 2 is 2.38 bits per heavy atom. The number of thiophene rings is 1. The van der Waals surface area contributed by atoms with Gasteiger partial charge >= 0.3 is 0 Å². The van der Waals surface area contributed by atoms with Gasteiger partial charge in [0.15, 0.2) is 0 Å². The van der Waals surface area contributed by atoms with Crippen LogP contribution in [0.3, 0.4) is 0 Å². The van der Waals surface area contributed by atoms with Crippen LogP contribution in [0.4, 0.5) is 0 Å². The van der Waals surface area contributed by atoms with Crippen molar-refractivity contribution in [3.05, 3.63) is 37.8 Å². The fraction of sp³-hybridized carbons (Fsp3) is 0. The van der Waals surface area contributed by atoms with Gasteiger partial charge in [-0.1, -0.05) is 0 Å². The maximum Gasteiger partial charge on any atom is 0.251 e. The smallest absolute Gasteiger partial charge is 0.251 e. The first-order valence-corrected chi connectivity index (χ1v) is 5.23. The van der Waals surface area contributed by atoms with Crippen LogP contribution in [0.5, 0.6) is 0 Å². The molecular weight excluding hydrogens is 252 g/mol. The molecule has 0 saturated carbocycles. The Hall–Kier alpha value is -0.940. The Labute approximate surface area is 86.6 Å². The number of H-pyrrole nitrogens is 1. The molecule has 66 valence electrons. The van der Waals surface area contributed by atoms with E-state index in [2.05, 4.69) is 25.9 Å². The minimum absolute atomic E-state index is 0.132. The molecule has 0 spiro atoms.